The molecule has 19 heavy (non-hydrogen) atoms. The van der Waals surface area contributed by atoms with Gasteiger partial charge in [0, 0.05) is 13.1 Å². The maximum absolute atomic E-state index is 11.7. The number of rotatable bonds is 5. The Labute approximate surface area is 115 Å². The largest absolute Gasteiger partial charge is 0.481 e. The molecule has 0 saturated carbocycles. The van der Waals surface area contributed by atoms with Gasteiger partial charge in [-0.3, -0.25) is 4.79 Å². The highest BCUT2D eigenvalue weighted by Gasteiger charge is 2.38. The minimum Gasteiger partial charge on any atom is -0.481 e. The predicted octanol–water partition coefficient (Wildman–Crippen LogP) is 2.76. The maximum Gasteiger partial charge on any atom is 0.315 e. The summed E-state index contributed by atoms with van der Waals surface area (Å²) in [5.74, 6) is -0.00698. The third kappa shape index (κ3) is 2.98. The summed E-state index contributed by atoms with van der Waals surface area (Å²) in [6, 6.07) is 9.59. The summed E-state index contributed by atoms with van der Waals surface area (Å²) in [6.45, 7) is 6.70. The third-order valence-corrected chi connectivity index (χ3v) is 4.37. The van der Waals surface area contributed by atoms with Gasteiger partial charge >= 0.3 is 5.97 Å². The van der Waals surface area contributed by atoms with Crippen LogP contribution in [0.4, 0.5) is 0 Å². The summed E-state index contributed by atoms with van der Waals surface area (Å²) >= 11 is 0. The van der Waals surface area contributed by atoms with Gasteiger partial charge in [0.1, 0.15) is 5.41 Å². The highest BCUT2D eigenvalue weighted by Crippen LogP contribution is 2.28. The Morgan fingerprint density at radius 2 is 2.11 bits per heavy atom. The van der Waals surface area contributed by atoms with Crippen LogP contribution < -0.4 is 0 Å². The van der Waals surface area contributed by atoms with E-state index in [1.165, 1.54) is 12.8 Å². The number of carboxylic acid groups (broad SMARTS) is 1. The van der Waals surface area contributed by atoms with Gasteiger partial charge in [-0.05, 0) is 31.4 Å². The quantitative estimate of drug-likeness (QED) is 0.886. The van der Waals surface area contributed by atoms with Crippen LogP contribution in [0.2, 0.25) is 0 Å². The molecule has 1 aromatic rings. The first kappa shape index (κ1) is 14.1. The summed E-state index contributed by atoms with van der Waals surface area (Å²) in [6.07, 6.45) is 2.38. The normalized spacial score (nSPS) is 23.2. The standard InChI is InChI=1S/C16H23NO2/c1-3-13-9-10-17(11-13)12-16(2,15(18)19)14-7-5-4-6-8-14/h4-8,13H,3,9-12H2,1-2H3,(H,18,19). The van der Waals surface area contributed by atoms with Gasteiger partial charge in [0.05, 0.1) is 0 Å². The smallest absolute Gasteiger partial charge is 0.315 e. The van der Waals surface area contributed by atoms with Gasteiger partial charge in [0.2, 0.25) is 0 Å². The number of benzene rings is 1. The number of carboxylic acids is 1. The molecule has 1 fully saturated rings. The predicted molar refractivity (Wildman–Crippen MR) is 76.3 cm³/mol. The van der Waals surface area contributed by atoms with E-state index in [-0.39, 0.29) is 0 Å². The molecule has 0 radical (unpaired) electrons. The molecular weight excluding hydrogens is 238 g/mol. The molecule has 104 valence electrons. The summed E-state index contributed by atoms with van der Waals surface area (Å²) in [4.78, 5) is 14.0. The van der Waals surface area contributed by atoms with Crippen LogP contribution in [0, 0.1) is 5.92 Å². The fraction of sp³-hybridized carbons (Fsp3) is 0.562. The molecule has 0 amide bonds. The van der Waals surface area contributed by atoms with Crippen LogP contribution in [0.15, 0.2) is 30.3 Å². The SMILES string of the molecule is CCC1CCN(CC(C)(C(=O)O)c2ccccc2)C1. The fourth-order valence-electron chi connectivity index (χ4n) is 2.93. The lowest BCUT2D eigenvalue weighted by molar-refractivity contribution is -0.143. The summed E-state index contributed by atoms with van der Waals surface area (Å²) in [5.41, 5.74) is 0.0756. The van der Waals surface area contributed by atoms with Crippen LogP contribution in [0.1, 0.15) is 32.3 Å². The second-order valence-corrected chi connectivity index (χ2v) is 5.80. The van der Waals surface area contributed by atoms with Gasteiger partial charge in [-0.15, -0.1) is 0 Å². The molecule has 0 aromatic heterocycles. The maximum atomic E-state index is 11.7. The van der Waals surface area contributed by atoms with Crippen molar-refractivity contribution in [2.75, 3.05) is 19.6 Å². The number of carbonyl (C=O) groups is 1. The highest BCUT2D eigenvalue weighted by molar-refractivity contribution is 5.81. The van der Waals surface area contributed by atoms with E-state index in [1.807, 2.05) is 37.3 Å². The van der Waals surface area contributed by atoms with E-state index in [0.29, 0.717) is 6.54 Å². The number of aliphatic carboxylic acids is 1. The Bertz CT molecular complexity index is 432. The van der Waals surface area contributed by atoms with Gasteiger partial charge in [-0.1, -0.05) is 43.7 Å². The molecule has 2 unspecified atom stereocenters. The molecule has 1 heterocycles. The molecule has 1 N–H and O–H groups in total. The number of likely N-dealkylation sites (tertiary alicyclic amines) is 1. The Morgan fingerprint density at radius 1 is 1.42 bits per heavy atom. The zero-order valence-corrected chi connectivity index (χ0v) is 11.8. The minimum absolute atomic E-state index is 0.600. The van der Waals surface area contributed by atoms with Crippen molar-refractivity contribution in [1.29, 1.82) is 0 Å². The Kier molecular flexibility index (Phi) is 4.25. The first-order chi connectivity index (χ1) is 9.06. The molecule has 1 aliphatic rings. The van der Waals surface area contributed by atoms with Crippen molar-refractivity contribution in [2.45, 2.75) is 32.1 Å². The van der Waals surface area contributed by atoms with E-state index in [1.54, 1.807) is 0 Å². The fourth-order valence-corrected chi connectivity index (χ4v) is 2.93. The monoisotopic (exact) mass is 261 g/mol. The Balaban J connectivity index is 2.15. The number of nitrogens with zero attached hydrogens (tertiary/aromatic N) is 1. The number of hydrogen-bond acceptors (Lipinski definition) is 2. The van der Waals surface area contributed by atoms with Gasteiger partial charge in [0.15, 0.2) is 0 Å². The van der Waals surface area contributed by atoms with Crippen LogP contribution in [0.3, 0.4) is 0 Å². The Hall–Kier alpha value is -1.35. The van der Waals surface area contributed by atoms with Crippen molar-refractivity contribution in [3.8, 4) is 0 Å². The lowest BCUT2D eigenvalue weighted by atomic mass is 9.82. The van der Waals surface area contributed by atoms with Gasteiger partial charge in [-0.2, -0.15) is 0 Å². The van der Waals surface area contributed by atoms with Crippen LogP contribution >= 0.6 is 0 Å². The van der Waals surface area contributed by atoms with Crippen molar-refractivity contribution < 1.29 is 9.90 Å². The highest BCUT2D eigenvalue weighted by atomic mass is 16.4. The zero-order valence-electron chi connectivity index (χ0n) is 11.8. The van der Waals surface area contributed by atoms with Gasteiger partial charge in [0.25, 0.3) is 0 Å². The molecule has 0 spiro atoms. The van der Waals surface area contributed by atoms with Crippen molar-refractivity contribution in [1.82, 2.24) is 4.90 Å². The third-order valence-electron chi connectivity index (χ3n) is 4.37. The van der Waals surface area contributed by atoms with Crippen LogP contribution in [-0.4, -0.2) is 35.6 Å². The molecule has 2 atom stereocenters. The van der Waals surface area contributed by atoms with Gasteiger partial charge in [-0.25, -0.2) is 0 Å². The first-order valence-electron chi connectivity index (χ1n) is 7.07. The summed E-state index contributed by atoms with van der Waals surface area (Å²) < 4.78 is 0. The molecule has 1 saturated heterocycles. The molecular formula is C16H23NO2. The van der Waals surface area contributed by atoms with Crippen molar-refractivity contribution in [3.05, 3.63) is 35.9 Å². The first-order valence-corrected chi connectivity index (χ1v) is 7.07. The van der Waals surface area contributed by atoms with E-state index in [9.17, 15) is 9.90 Å². The lowest BCUT2D eigenvalue weighted by Gasteiger charge is -2.30. The molecule has 3 nitrogen and oxygen atoms in total. The average molecular weight is 261 g/mol. The lowest BCUT2D eigenvalue weighted by Crippen LogP contribution is -2.43. The second kappa shape index (κ2) is 5.74. The van der Waals surface area contributed by atoms with Crippen molar-refractivity contribution in [3.63, 3.8) is 0 Å². The van der Waals surface area contributed by atoms with Crippen molar-refractivity contribution >= 4 is 5.97 Å². The van der Waals surface area contributed by atoms with Crippen molar-refractivity contribution in [2.24, 2.45) is 5.92 Å². The molecule has 0 aliphatic carbocycles. The van der Waals surface area contributed by atoms with Crippen LogP contribution in [0.25, 0.3) is 0 Å². The summed E-state index contributed by atoms with van der Waals surface area (Å²) in [5, 5.41) is 9.64. The zero-order chi connectivity index (χ0) is 13.9. The average Bonchev–Trinajstić information content (AvgIpc) is 2.87. The number of hydrogen-bond donors (Lipinski definition) is 1. The van der Waals surface area contributed by atoms with E-state index in [0.717, 1.165) is 24.6 Å². The molecule has 3 heteroatoms. The topological polar surface area (TPSA) is 40.5 Å². The van der Waals surface area contributed by atoms with E-state index in [2.05, 4.69) is 11.8 Å². The van der Waals surface area contributed by atoms with E-state index < -0.39 is 11.4 Å². The minimum atomic E-state index is -0.816. The second-order valence-electron chi connectivity index (χ2n) is 5.80. The molecule has 0 bridgehead atoms. The Morgan fingerprint density at radius 3 is 2.63 bits per heavy atom. The molecule has 1 aromatic carbocycles. The van der Waals surface area contributed by atoms with E-state index >= 15 is 0 Å². The van der Waals surface area contributed by atoms with Gasteiger partial charge < -0.3 is 10.0 Å². The van der Waals surface area contributed by atoms with Crippen LogP contribution in [-0.2, 0) is 10.2 Å². The molecule has 2 rings (SSSR count). The summed E-state index contributed by atoms with van der Waals surface area (Å²) in [7, 11) is 0. The molecule has 1 aliphatic heterocycles. The van der Waals surface area contributed by atoms with Crippen LogP contribution in [0.5, 0.6) is 0 Å². The van der Waals surface area contributed by atoms with E-state index in [4.69, 9.17) is 0 Å².